The van der Waals surface area contributed by atoms with Gasteiger partial charge in [0.05, 0.1) is 5.69 Å². The molecular weight excluding hydrogens is 320 g/mol. The zero-order chi connectivity index (χ0) is 17.8. The third-order valence-electron chi connectivity index (χ3n) is 5.06. The van der Waals surface area contributed by atoms with Gasteiger partial charge >= 0.3 is 0 Å². The number of nitrogens with one attached hydrogen (secondary N) is 1. The van der Waals surface area contributed by atoms with E-state index in [0.29, 0.717) is 5.95 Å². The summed E-state index contributed by atoms with van der Waals surface area (Å²) in [4.78, 5) is 9.09. The molecule has 26 heavy (non-hydrogen) atoms. The molecule has 3 N–H and O–H groups in total. The number of aromatic nitrogens is 2. The molecule has 4 rings (SSSR count). The number of fused-ring (bicyclic) bond motifs is 1. The van der Waals surface area contributed by atoms with E-state index in [2.05, 4.69) is 75.9 Å². The maximum Gasteiger partial charge on any atom is 0.222 e. The fourth-order valence-electron chi connectivity index (χ4n) is 3.75. The topological polar surface area (TPSA) is 63.8 Å². The molecule has 0 saturated carbocycles. The molecule has 1 aromatic heterocycles. The summed E-state index contributed by atoms with van der Waals surface area (Å²) in [5.41, 5.74) is 10.9. The Bertz CT molecular complexity index is 823. The van der Waals surface area contributed by atoms with Crippen molar-refractivity contribution in [3.05, 3.63) is 83.0 Å². The second kappa shape index (κ2) is 7.56. The second-order valence-corrected chi connectivity index (χ2v) is 6.82. The van der Waals surface area contributed by atoms with Crippen molar-refractivity contribution in [3.8, 4) is 0 Å². The maximum absolute atomic E-state index is 6.02. The minimum atomic E-state index is 0.249. The number of nitrogens with two attached hydrogens (primary N) is 1. The van der Waals surface area contributed by atoms with Crippen molar-refractivity contribution in [2.45, 2.75) is 31.6 Å². The summed E-state index contributed by atoms with van der Waals surface area (Å²) in [6, 6.07) is 21.3. The van der Waals surface area contributed by atoms with Gasteiger partial charge in [0.1, 0.15) is 5.82 Å². The van der Waals surface area contributed by atoms with Crippen LogP contribution in [0, 0.1) is 0 Å². The van der Waals surface area contributed by atoms with Crippen LogP contribution in [0.2, 0.25) is 0 Å². The van der Waals surface area contributed by atoms with Crippen LogP contribution in [-0.4, -0.2) is 16.5 Å². The Balaban J connectivity index is 1.76. The Labute approximate surface area is 154 Å². The summed E-state index contributed by atoms with van der Waals surface area (Å²) in [6.07, 6.45) is 4.14. The van der Waals surface area contributed by atoms with Gasteiger partial charge in [0.2, 0.25) is 5.95 Å². The van der Waals surface area contributed by atoms with Gasteiger partial charge in [-0.05, 0) is 30.4 Å². The lowest BCUT2D eigenvalue weighted by molar-refractivity contribution is 0.744. The molecule has 0 unspecified atom stereocenters. The first-order valence-corrected chi connectivity index (χ1v) is 9.30. The number of hydrogen-bond donors (Lipinski definition) is 2. The van der Waals surface area contributed by atoms with Gasteiger partial charge in [-0.3, -0.25) is 0 Å². The first kappa shape index (κ1) is 16.6. The van der Waals surface area contributed by atoms with Gasteiger partial charge in [-0.2, -0.15) is 4.98 Å². The van der Waals surface area contributed by atoms with Crippen molar-refractivity contribution >= 4 is 11.8 Å². The van der Waals surface area contributed by atoms with Crippen LogP contribution in [0.25, 0.3) is 0 Å². The molecule has 0 radical (unpaired) electrons. The number of nitrogens with zero attached hydrogens (tertiary/aromatic N) is 2. The molecule has 4 nitrogen and oxygen atoms in total. The zero-order valence-electron chi connectivity index (χ0n) is 14.9. The van der Waals surface area contributed by atoms with Crippen LogP contribution in [0.3, 0.4) is 0 Å². The van der Waals surface area contributed by atoms with Crippen molar-refractivity contribution in [2.24, 2.45) is 0 Å². The van der Waals surface area contributed by atoms with Crippen molar-refractivity contribution in [1.82, 2.24) is 9.97 Å². The quantitative estimate of drug-likeness (QED) is 0.745. The highest BCUT2D eigenvalue weighted by Gasteiger charge is 2.21. The van der Waals surface area contributed by atoms with Gasteiger partial charge in [0.25, 0.3) is 0 Å². The molecule has 0 amide bonds. The Hall–Kier alpha value is -2.88. The molecule has 0 spiro atoms. The maximum atomic E-state index is 6.02. The molecule has 0 bridgehead atoms. The molecule has 0 fully saturated rings. The van der Waals surface area contributed by atoms with Gasteiger partial charge in [0, 0.05) is 24.4 Å². The fraction of sp³-hybridized carbons (Fsp3) is 0.273. The number of rotatable bonds is 4. The standard InChI is InChI=1S/C22H24N4/c23-22-25-20(18-13-7-8-14-24-21(18)26-22)15-19(16-9-3-1-4-10-16)17-11-5-2-6-12-17/h1-6,9-12,19H,7-8,13-15H2,(H3,23,24,25,26). The largest absolute Gasteiger partial charge is 0.370 e. The Morgan fingerprint density at radius 2 is 1.54 bits per heavy atom. The van der Waals surface area contributed by atoms with Gasteiger partial charge in [0.15, 0.2) is 0 Å². The Morgan fingerprint density at radius 1 is 0.885 bits per heavy atom. The lowest BCUT2D eigenvalue weighted by atomic mass is 9.86. The summed E-state index contributed by atoms with van der Waals surface area (Å²) < 4.78 is 0. The zero-order valence-corrected chi connectivity index (χ0v) is 14.9. The van der Waals surface area contributed by atoms with E-state index in [1.54, 1.807) is 0 Å². The van der Waals surface area contributed by atoms with Crippen LogP contribution in [-0.2, 0) is 12.8 Å². The first-order chi connectivity index (χ1) is 12.8. The lowest BCUT2D eigenvalue weighted by Gasteiger charge is -2.20. The molecule has 0 atom stereocenters. The monoisotopic (exact) mass is 344 g/mol. The predicted octanol–water partition coefficient (Wildman–Crippen LogP) is 4.18. The van der Waals surface area contributed by atoms with Gasteiger partial charge in [-0.1, -0.05) is 60.7 Å². The van der Waals surface area contributed by atoms with E-state index in [1.807, 2.05) is 0 Å². The molecule has 1 aliphatic heterocycles. The van der Waals surface area contributed by atoms with Crippen molar-refractivity contribution in [2.75, 3.05) is 17.6 Å². The van der Waals surface area contributed by atoms with Crippen LogP contribution in [0.1, 0.15) is 41.1 Å². The normalized spacial score (nSPS) is 13.7. The summed E-state index contributed by atoms with van der Waals surface area (Å²) in [6.45, 7) is 0.948. The van der Waals surface area contributed by atoms with E-state index in [9.17, 15) is 0 Å². The molecule has 132 valence electrons. The predicted molar refractivity (Wildman–Crippen MR) is 106 cm³/mol. The van der Waals surface area contributed by atoms with Crippen LogP contribution in [0.5, 0.6) is 0 Å². The van der Waals surface area contributed by atoms with Gasteiger partial charge in [-0.25, -0.2) is 4.98 Å². The molecule has 3 aromatic rings. The van der Waals surface area contributed by atoms with Gasteiger partial charge < -0.3 is 11.1 Å². The third-order valence-corrected chi connectivity index (χ3v) is 5.06. The van der Waals surface area contributed by atoms with E-state index < -0.39 is 0 Å². The highest BCUT2D eigenvalue weighted by atomic mass is 15.1. The minimum Gasteiger partial charge on any atom is -0.370 e. The molecule has 2 heterocycles. The summed E-state index contributed by atoms with van der Waals surface area (Å²) in [5, 5.41) is 3.43. The first-order valence-electron chi connectivity index (χ1n) is 9.30. The number of anilines is 2. The summed E-state index contributed by atoms with van der Waals surface area (Å²) >= 11 is 0. The van der Waals surface area contributed by atoms with E-state index in [-0.39, 0.29) is 5.92 Å². The van der Waals surface area contributed by atoms with Crippen LogP contribution < -0.4 is 11.1 Å². The molecular formula is C22H24N4. The smallest absolute Gasteiger partial charge is 0.222 e. The Kier molecular flexibility index (Phi) is 4.82. The average Bonchev–Trinajstić information content (AvgIpc) is 2.93. The van der Waals surface area contributed by atoms with Crippen LogP contribution in [0.4, 0.5) is 11.8 Å². The molecule has 1 aliphatic rings. The van der Waals surface area contributed by atoms with Crippen molar-refractivity contribution in [3.63, 3.8) is 0 Å². The number of benzene rings is 2. The molecule has 4 heteroatoms. The third kappa shape index (κ3) is 3.54. The van der Waals surface area contributed by atoms with Crippen LogP contribution >= 0.6 is 0 Å². The second-order valence-electron chi connectivity index (χ2n) is 6.82. The number of nitrogen functional groups attached to an aromatic ring is 1. The highest BCUT2D eigenvalue weighted by Crippen LogP contribution is 2.32. The van der Waals surface area contributed by atoms with Gasteiger partial charge in [-0.15, -0.1) is 0 Å². The molecule has 0 saturated heterocycles. The van der Waals surface area contributed by atoms with E-state index in [4.69, 9.17) is 5.73 Å². The lowest BCUT2D eigenvalue weighted by Crippen LogP contribution is -2.13. The summed E-state index contributed by atoms with van der Waals surface area (Å²) in [5.74, 6) is 1.52. The van der Waals surface area contributed by atoms with Crippen molar-refractivity contribution in [1.29, 1.82) is 0 Å². The van der Waals surface area contributed by atoms with E-state index in [0.717, 1.165) is 43.7 Å². The van der Waals surface area contributed by atoms with Crippen LogP contribution in [0.15, 0.2) is 60.7 Å². The SMILES string of the molecule is Nc1nc(CC(c2ccccc2)c2ccccc2)c2c(n1)NCCCC2. The fourth-order valence-corrected chi connectivity index (χ4v) is 3.75. The summed E-state index contributed by atoms with van der Waals surface area (Å²) in [7, 11) is 0. The number of hydrogen-bond acceptors (Lipinski definition) is 4. The van der Waals surface area contributed by atoms with E-state index in [1.165, 1.54) is 16.7 Å². The highest BCUT2D eigenvalue weighted by molar-refractivity contribution is 5.51. The molecule has 0 aliphatic carbocycles. The Morgan fingerprint density at radius 3 is 2.19 bits per heavy atom. The minimum absolute atomic E-state index is 0.249. The van der Waals surface area contributed by atoms with E-state index >= 15 is 0 Å². The molecule has 2 aromatic carbocycles. The average molecular weight is 344 g/mol. The van der Waals surface area contributed by atoms with Crippen molar-refractivity contribution < 1.29 is 0 Å².